The second-order valence-corrected chi connectivity index (χ2v) is 8.15. The van der Waals surface area contributed by atoms with Crippen LogP contribution in [0.15, 0.2) is 41.4 Å². The Balaban J connectivity index is 0.000000339. The van der Waals surface area contributed by atoms with Gasteiger partial charge in [-0.05, 0) is 35.9 Å². The van der Waals surface area contributed by atoms with Crippen molar-refractivity contribution in [3.05, 3.63) is 46.9 Å². The summed E-state index contributed by atoms with van der Waals surface area (Å²) in [5, 5.41) is 11.2. The van der Waals surface area contributed by atoms with Crippen LogP contribution in [0.5, 0.6) is 0 Å². The predicted octanol–water partition coefficient (Wildman–Crippen LogP) is 3.17. The Morgan fingerprint density at radius 2 is 2.00 bits per heavy atom. The lowest BCUT2D eigenvalue weighted by molar-refractivity contribution is -0.192. The third-order valence-corrected chi connectivity index (χ3v) is 5.88. The summed E-state index contributed by atoms with van der Waals surface area (Å²) < 4.78 is 37.8. The largest absolute Gasteiger partial charge is 0.490 e. The van der Waals surface area contributed by atoms with Crippen LogP contribution in [0.4, 0.5) is 18.9 Å². The average Bonchev–Trinajstić information content (AvgIpc) is 3.27. The molecule has 7 nitrogen and oxygen atoms in total. The molecule has 2 fully saturated rings. The molecule has 1 amide bonds. The van der Waals surface area contributed by atoms with Crippen molar-refractivity contribution in [1.29, 1.82) is 0 Å². The van der Waals surface area contributed by atoms with E-state index in [1.165, 1.54) is 5.56 Å². The molecule has 2 aliphatic rings. The van der Waals surface area contributed by atoms with Gasteiger partial charge in [-0.15, -0.1) is 0 Å². The molecule has 2 aromatic rings. The average molecular weight is 457 g/mol. The number of amides is 1. The van der Waals surface area contributed by atoms with Gasteiger partial charge in [0.15, 0.2) is 0 Å². The van der Waals surface area contributed by atoms with Crippen molar-refractivity contribution < 1.29 is 32.6 Å². The molecule has 4 rings (SSSR count). The van der Waals surface area contributed by atoms with Crippen LogP contribution in [0.1, 0.15) is 18.4 Å². The van der Waals surface area contributed by atoms with E-state index in [0.717, 1.165) is 38.2 Å². The lowest BCUT2D eigenvalue weighted by Crippen LogP contribution is -2.58. The molecule has 0 unspecified atom stereocenters. The third-order valence-electron chi connectivity index (χ3n) is 5.21. The summed E-state index contributed by atoms with van der Waals surface area (Å²) in [6, 6.07) is 6.11. The number of aromatic nitrogens is 1. The number of ether oxygens (including phenoxy) is 1. The SMILES string of the molecule is O=C(O)C(F)(F)F.O=C1COC2(CCN(Cc3cccnc3)CC2)CN1c1ccsc1. The minimum atomic E-state index is -5.08. The maximum atomic E-state index is 12.2. The number of hydrogen-bond acceptors (Lipinski definition) is 6. The summed E-state index contributed by atoms with van der Waals surface area (Å²) in [5.74, 6) is -2.69. The number of anilines is 1. The normalized spacial score (nSPS) is 19.1. The first-order valence-corrected chi connectivity index (χ1v) is 10.5. The molecule has 11 heteroatoms. The van der Waals surface area contributed by atoms with Crippen molar-refractivity contribution in [2.24, 2.45) is 0 Å². The Morgan fingerprint density at radius 1 is 1.29 bits per heavy atom. The third kappa shape index (κ3) is 6.25. The Hall–Kier alpha value is -2.50. The summed E-state index contributed by atoms with van der Waals surface area (Å²) in [5.41, 5.74) is 2.06. The van der Waals surface area contributed by atoms with Crippen LogP contribution in [0.3, 0.4) is 0 Å². The molecule has 0 radical (unpaired) electrons. The van der Waals surface area contributed by atoms with Crippen molar-refractivity contribution >= 4 is 28.9 Å². The fraction of sp³-hybridized carbons (Fsp3) is 0.450. The number of carboxylic acids is 1. The molecule has 0 saturated carbocycles. The van der Waals surface area contributed by atoms with E-state index in [9.17, 15) is 18.0 Å². The van der Waals surface area contributed by atoms with Crippen LogP contribution in [0.25, 0.3) is 0 Å². The molecule has 1 N–H and O–H groups in total. The molecule has 1 spiro atoms. The highest BCUT2D eigenvalue weighted by molar-refractivity contribution is 7.08. The number of thiophene rings is 1. The molecule has 2 saturated heterocycles. The lowest BCUT2D eigenvalue weighted by Gasteiger charge is -2.46. The molecule has 31 heavy (non-hydrogen) atoms. The van der Waals surface area contributed by atoms with Crippen LogP contribution in [0, 0.1) is 0 Å². The fourth-order valence-corrected chi connectivity index (χ4v) is 4.17. The van der Waals surface area contributed by atoms with Gasteiger partial charge >= 0.3 is 12.1 Å². The van der Waals surface area contributed by atoms with Gasteiger partial charge in [-0.1, -0.05) is 6.07 Å². The van der Waals surface area contributed by atoms with E-state index in [2.05, 4.69) is 16.0 Å². The van der Waals surface area contributed by atoms with Gasteiger partial charge < -0.3 is 14.7 Å². The zero-order chi connectivity index (χ0) is 22.5. The quantitative estimate of drug-likeness (QED) is 0.763. The van der Waals surface area contributed by atoms with E-state index in [1.807, 2.05) is 34.0 Å². The number of hydrogen-bond donors (Lipinski definition) is 1. The van der Waals surface area contributed by atoms with Gasteiger partial charge in [-0.25, -0.2) is 4.79 Å². The predicted molar refractivity (Wildman–Crippen MR) is 108 cm³/mol. The molecule has 0 aromatic carbocycles. The number of aliphatic carboxylic acids is 1. The van der Waals surface area contributed by atoms with Gasteiger partial charge in [-0.3, -0.25) is 14.7 Å². The van der Waals surface area contributed by atoms with Gasteiger partial charge in [0, 0.05) is 37.4 Å². The van der Waals surface area contributed by atoms with Crippen LogP contribution in [0.2, 0.25) is 0 Å². The number of rotatable bonds is 3. The topological polar surface area (TPSA) is 83.0 Å². The number of carboxylic acid groups (broad SMARTS) is 1. The molecule has 4 heterocycles. The summed E-state index contributed by atoms with van der Waals surface area (Å²) in [6.45, 7) is 3.76. The number of piperidine rings is 1. The minimum absolute atomic E-state index is 0.0665. The second kappa shape index (κ2) is 9.75. The van der Waals surface area contributed by atoms with Crippen LogP contribution < -0.4 is 4.90 Å². The first-order valence-electron chi connectivity index (χ1n) is 9.56. The van der Waals surface area contributed by atoms with Crippen molar-refractivity contribution in [3.63, 3.8) is 0 Å². The van der Waals surface area contributed by atoms with Gasteiger partial charge in [-0.2, -0.15) is 24.5 Å². The van der Waals surface area contributed by atoms with Crippen molar-refractivity contribution in [2.45, 2.75) is 31.2 Å². The molecule has 0 atom stereocenters. The molecular weight excluding hydrogens is 435 g/mol. The number of pyridine rings is 1. The number of nitrogens with zero attached hydrogens (tertiary/aromatic N) is 3. The smallest absolute Gasteiger partial charge is 0.475 e. The molecule has 2 aromatic heterocycles. The number of halogens is 3. The lowest BCUT2D eigenvalue weighted by atomic mass is 9.89. The fourth-order valence-electron chi connectivity index (χ4n) is 3.53. The Bertz CT molecular complexity index is 870. The zero-order valence-electron chi connectivity index (χ0n) is 16.5. The van der Waals surface area contributed by atoms with Crippen LogP contribution >= 0.6 is 11.3 Å². The maximum absolute atomic E-state index is 12.2. The first-order chi connectivity index (χ1) is 14.7. The Labute approximate surface area is 181 Å². The minimum Gasteiger partial charge on any atom is -0.475 e. The highest BCUT2D eigenvalue weighted by atomic mass is 32.1. The molecule has 168 valence electrons. The van der Waals surface area contributed by atoms with Gasteiger partial charge in [0.25, 0.3) is 5.91 Å². The highest BCUT2D eigenvalue weighted by Crippen LogP contribution is 2.33. The summed E-state index contributed by atoms with van der Waals surface area (Å²) in [7, 11) is 0. The summed E-state index contributed by atoms with van der Waals surface area (Å²) in [4.78, 5) is 29.6. The second-order valence-electron chi connectivity index (χ2n) is 7.37. The van der Waals surface area contributed by atoms with E-state index >= 15 is 0 Å². The maximum Gasteiger partial charge on any atom is 0.490 e. The van der Waals surface area contributed by atoms with Gasteiger partial charge in [0.2, 0.25) is 0 Å². The van der Waals surface area contributed by atoms with E-state index in [0.29, 0.717) is 6.54 Å². The molecular formula is C20H22F3N3O4S. The monoisotopic (exact) mass is 457 g/mol. The number of carbonyl (C=O) groups excluding carboxylic acids is 1. The number of morpholine rings is 1. The number of carbonyl (C=O) groups is 2. The van der Waals surface area contributed by atoms with E-state index in [-0.39, 0.29) is 18.1 Å². The molecule has 2 aliphatic heterocycles. The Morgan fingerprint density at radius 3 is 2.55 bits per heavy atom. The summed E-state index contributed by atoms with van der Waals surface area (Å²) >= 11 is 1.62. The van der Waals surface area contributed by atoms with Crippen molar-refractivity contribution in [3.8, 4) is 0 Å². The van der Waals surface area contributed by atoms with Crippen molar-refractivity contribution in [2.75, 3.05) is 31.1 Å². The molecule has 0 bridgehead atoms. The molecule has 0 aliphatic carbocycles. The summed E-state index contributed by atoms with van der Waals surface area (Å²) in [6.07, 6.45) is 0.571. The Kier molecular flexibility index (Phi) is 7.29. The van der Waals surface area contributed by atoms with Crippen LogP contribution in [-0.4, -0.2) is 64.9 Å². The standard InChI is InChI=1S/C18H21N3O2S.C2HF3O2/c22-17-12-23-18(14-21(17)16-3-9-24-13-16)4-7-20(8-5-18)11-15-2-1-6-19-10-15;3-2(4,5)1(6)7/h1-3,6,9-10,13H,4-5,7-8,11-12,14H2;(H,6,7). The highest BCUT2D eigenvalue weighted by Gasteiger charge is 2.42. The van der Waals surface area contributed by atoms with E-state index in [4.69, 9.17) is 14.6 Å². The zero-order valence-corrected chi connectivity index (χ0v) is 17.4. The van der Waals surface area contributed by atoms with Crippen LogP contribution in [-0.2, 0) is 20.9 Å². The number of likely N-dealkylation sites (tertiary alicyclic amines) is 1. The van der Waals surface area contributed by atoms with Gasteiger partial charge in [0.05, 0.1) is 17.8 Å². The van der Waals surface area contributed by atoms with E-state index in [1.54, 1.807) is 17.5 Å². The first kappa shape index (κ1) is 23.2. The van der Waals surface area contributed by atoms with Crippen molar-refractivity contribution in [1.82, 2.24) is 9.88 Å². The number of alkyl halides is 3. The van der Waals surface area contributed by atoms with E-state index < -0.39 is 12.1 Å². The van der Waals surface area contributed by atoms with Gasteiger partial charge in [0.1, 0.15) is 6.61 Å².